The molecule has 0 radical (unpaired) electrons. The number of ether oxygens (including phenoxy) is 1. The number of carbonyl (C=O) groups is 3. The minimum absolute atomic E-state index is 0.0332. The summed E-state index contributed by atoms with van der Waals surface area (Å²) < 4.78 is 5.47. The van der Waals surface area contributed by atoms with Gasteiger partial charge >= 0.3 is 5.97 Å². The number of aryl methyl sites for hydroxylation is 1. The Hall–Kier alpha value is -3.34. The van der Waals surface area contributed by atoms with Gasteiger partial charge in [-0.1, -0.05) is 17.7 Å². The number of hydrogen-bond donors (Lipinski definition) is 1. The zero-order valence-electron chi connectivity index (χ0n) is 23.4. The van der Waals surface area contributed by atoms with Gasteiger partial charge in [0.2, 0.25) is 11.8 Å². The number of anilines is 2. The Bertz CT molecular complexity index is 1520. The number of carbonyl (C=O) groups excluding carboxylic acids is 2. The van der Waals surface area contributed by atoms with Crippen LogP contribution in [0.15, 0.2) is 35.8 Å². The molecular formula is C31H33ClN4O5S. The average Bonchev–Trinajstić information content (AvgIpc) is 3.70. The van der Waals surface area contributed by atoms with Crippen LogP contribution in [0.1, 0.15) is 50.5 Å². The van der Waals surface area contributed by atoms with Crippen molar-refractivity contribution in [1.29, 1.82) is 0 Å². The van der Waals surface area contributed by atoms with Crippen molar-refractivity contribution in [3.63, 3.8) is 0 Å². The van der Waals surface area contributed by atoms with E-state index in [1.807, 2.05) is 23.6 Å². The van der Waals surface area contributed by atoms with Crippen LogP contribution in [0, 0.1) is 11.8 Å². The van der Waals surface area contributed by atoms with Crippen molar-refractivity contribution in [2.75, 3.05) is 30.1 Å². The molecule has 0 unspecified atom stereocenters. The summed E-state index contributed by atoms with van der Waals surface area (Å²) in [5.74, 6) is -0.719. The topological polar surface area (TPSA) is 113 Å². The first-order valence-corrected chi connectivity index (χ1v) is 15.7. The Balaban J connectivity index is 1.31. The third-order valence-corrected chi connectivity index (χ3v) is 9.46. The molecule has 3 aliphatic rings. The summed E-state index contributed by atoms with van der Waals surface area (Å²) in [7, 11) is 1.75. The smallest absolute Gasteiger partial charge is 0.304 e. The lowest BCUT2D eigenvalue weighted by molar-refractivity contribution is -0.141. The molecule has 220 valence electrons. The van der Waals surface area contributed by atoms with Crippen molar-refractivity contribution in [2.45, 2.75) is 57.4 Å². The minimum atomic E-state index is -0.964. The SMILES string of the molecule is CN1C(=O)CCc2cc(-c3ccc(Cl)cc3-c3csc(N(C(=O)[C@@H](CC(=O)O)CC4CCOCC4)C4CC4)n3)cnc21. The summed E-state index contributed by atoms with van der Waals surface area (Å²) in [4.78, 5) is 50.8. The second-order valence-electron chi connectivity index (χ2n) is 11.4. The molecule has 2 amide bonds. The van der Waals surface area contributed by atoms with Gasteiger partial charge < -0.3 is 9.84 Å². The number of aromatic nitrogens is 2. The van der Waals surface area contributed by atoms with Gasteiger partial charge in [-0.2, -0.15) is 0 Å². The number of hydrogen-bond acceptors (Lipinski definition) is 7. The maximum Gasteiger partial charge on any atom is 0.304 e. The molecule has 1 saturated carbocycles. The highest BCUT2D eigenvalue weighted by molar-refractivity contribution is 7.14. The molecule has 3 aromatic rings. The second kappa shape index (κ2) is 12.1. The number of carboxylic acid groups (broad SMARTS) is 1. The Morgan fingerprint density at radius 2 is 1.95 bits per heavy atom. The number of carboxylic acids is 1. The van der Waals surface area contributed by atoms with Gasteiger partial charge in [0, 0.05) is 66.4 Å². The standard InChI is InChI=1S/C31H33ClN4O5S/c1-35-27(37)7-2-19-13-21(16-33-29(19)35)24-6-3-22(32)15-25(24)26-17-42-31(34-26)36(23-4-5-23)30(40)20(14-28(38)39)12-18-8-10-41-11-9-18/h3,6,13,15-18,20,23H,2,4-5,7-12,14H2,1H3,(H,38,39)/t20-/m1/s1. The molecule has 2 aliphatic heterocycles. The number of amides is 2. The van der Waals surface area contributed by atoms with Gasteiger partial charge in [-0.3, -0.25) is 24.2 Å². The van der Waals surface area contributed by atoms with Crippen LogP contribution in [-0.4, -0.2) is 59.2 Å². The lowest BCUT2D eigenvalue weighted by Crippen LogP contribution is -2.40. The predicted molar refractivity (Wildman–Crippen MR) is 162 cm³/mol. The number of nitrogens with zero attached hydrogens (tertiary/aromatic N) is 4. The zero-order valence-corrected chi connectivity index (χ0v) is 25.0. The molecule has 9 nitrogen and oxygen atoms in total. The highest BCUT2D eigenvalue weighted by Gasteiger charge is 2.40. The Morgan fingerprint density at radius 3 is 2.69 bits per heavy atom. The third kappa shape index (κ3) is 6.07. The average molecular weight is 609 g/mol. The molecule has 0 spiro atoms. The molecule has 2 fully saturated rings. The number of pyridine rings is 1. The number of benzene rings is 1. The minimum Gasteiger partial charge on any atom is -0.481 e. The highest BCUT2D eigenvalue weighted by Crippen LogP contribution is 2.41. The first-order chi connectivity index (χ1) is 20.3. The van der Waals surface area contributed by atoms with Crippen molar-refractivity contribution in [2.24, 2.45) is 11.8 Å². The van der Waals surface area contributed by atoms with Crippen molar-refractivity contribution < 1.29 is 24.2 Å². The van der Waals surface area contributed by atoms with Crippen molar-refractivity contribution in [3.05, 3.63) is 46.4 Å². The van der Waals surface area contributed by atoms with Gasteiger partial charge in [-0.25, -0.2) is 9.97 Å². The van der Waals surface area contributed by atoms with Crippen LogP contribution in [0.5, 0.6) is 0 Å². The molecule has 42 heavy (non-hydrogen) atoms. The van der Waals surface area contributed by atoms with Crippen molar-refractivity contribution >= 4 is 51.7 Å². The number of rotatable bonds is 9. The zero-order chi connectivity index (χ0) is 29.4. The third-order valence-electron chi connectivity index (χ3n) is 8.39. The maximum absolute atomic E-state index is 13.9. The monoisotopic (exact) mass is 608 g/mol. The Kier molecular flexibility index (Phi) is 8.29. The molecule has 1 atom stereocenters. The second-order valence-corrected chi connectivity index (χ2v) is 12.7. The lowest BCUT2D eigenvalue weighted by Gasteiger charge is -2.29. The summed E-state index contributed by atoms with van der Waals surface area (Å²) in [5.41, 5.74) is 4.31. The van der Waals surface area contributed by atoms with Gasteiger partial charge in [-0.05, 0) is 73.8 Å². The summed E-state index contributed by atoms with van der Waals surface area (Å²) >= 11 is 7.84. The molecular weight excluding hydrogens is 576 g/mol. The van der Waals surface area contributed by atoms with E-state index in [9.17, 15) is 19.5 Å². The highest BCUT2D eigenvalue weighted by atomic mass is 35.5. The van der Waals surface area contributed by atoms with Crippen molar-refractivity contribution in [3.8, 4) is 22.4 Å². The molecule has 0 bridgehead atoms. The summed E-state index contributed by atoms with van der Waals surface area (Å²) in [6.45, 7) is 1.30. The molecule has 1 N–H and O–H groups in total. The van der Waals surface area contributed by atoms with E-state index >= 15 is 0 Å². The van der Waals surface area contributed by atoms with Crippen LogP contribution in [0.4, 0.5) is 10.9 Å². The van der Waals surface area contributed by atoms with E-state index in [0.29, 0.717) is 54.1 Å². The summed E-state index contributed by atoms with van der Waals surface area (Å²) in [5, 5.41) is 12.7. The Labute approximate surface area is 253 Å². The normalized spacial score (nSPS) is 18.0. The molecule has 1 aliphatic carbocycles. The van der Waals surface area contributed by atoms with Crippen LogP contribution in [0.3, 0.4) is 0 Å². The van der Waals surface area contributed by atoms with Gasteiger partial charge in [0.15, 0.2) is 5.13 Å². The van der Waals surface area contributed by atoms with Gasteiger partial charge in [-0.15, -0.1) is 11.3 Å². The van der Waals surface area contributed by atoms with E-state index in [1.54, 1.807) is 23.0 Å². The number of aliphatic carboxylic acids is 1. The van der Waals surface area contributed by atoms with E-state index in [1.165, 1.54) is 11.3 Å². The van der Waals surface area contributed by atoms with Gasteiger partial charge in [0.05, 0.1) is 12.1 Å². The molecule has 6 rings (SSSR count). The lowest BCUT2D eigenvalue weighted by atomic mass is 9.86. The van der Waals surface area contributed by atoms with E-state index in [-0.39, 0.29) is 30.2 Å². The number of thiazole rings is 1. The van der Waals surface area contributed by atoms with E-state index < -0.39 is 11.9 Å². The maximum atomic E-state index is 13.9. The fourth-order valence-corrected chi connectivity index (χ4v) is 7.04. The fraction of sp³-hybridized carbons (Fsp3) is 0.452. The van der Waals surface area contributed by atoms with E-state index in [2.05, 4.69) is 11.1 Å². The molecule has 1 saturated heterocycles. The molecule has 4 heterocycles. The van der Waals surface area contributed by atoms with Crippen molar-refractivity contribution in [1.82, 2.24) is 9.97 Å². The molecule has 11 heteroatoms. The van der Waals surface area contributed by atoms with Gasteiger partial charge in [0.1, 0.15) is 5.82 Å². The van der Waals surface area contributed by atoms with Crippen LogP contribution in [0.2, 0.25) is 5.02 Å². The summed E-state index contributed by atoms with van der Waals surface area (Å²) in [6.07, 6.45) is 6.62. The van der Waals surface area contributed by atoms with E-state index in [4.69, 9.17) is 21.3 Å². The largest absolute Gasteiger partial charge is 0.481 e. The van der Waals surface area contributed by atoms with E-state index in [0.717, 1.165) is 47.9 Å². The number of fused-ring (bicyclic) bond motifs is 1. The van der Waals surface area contributed by atoms with Crippen LogP contribution < -0.4 is 9.80 Å². The van der Waals surface area contributed by atoms with Crippen LogP contribution in [-0.2, 0) is 25.5 Å². The van der Waals surface area contributed by atoms with Gasteiger partial charge in [0.25, 0.3) is 0 Å². The number of halogens is 1. The first-order valence-electron chi connectivity index (χ1n) is 14.4. The first kappa shape index (κ1) is 28.8. The molecule has 2 aromatic heterocycles. The Morgan fingerprint density at radius 1 is 1.17 bits per heavy atom. The quantitative estimate of drug-likeness (QED) is 0.325. The predicted octanol–water partition coefficient (Wildman–Crippen LogP) is 5.84. The van der Waals surface area contributed by atoms with Crippen LogP contribution in [0.25, 0.3) is 22.4 Å². The summed E-state index contributed by atoms with van der Waals surface area (Å²) in [6, 6.07) is 7.74. The molecule has 1 aromatic carbocycles. The van der Waals surface area contributed by atoms with Crippen LogP contribution >= 0.6 is 22.9 Å². The fourth-order valence-electron chi connectivity index (χ4n) is 5.97.